The van der Waals surface area contributed by atoms with Crippen molar-refractivity contribution in [2.75, 3.05) is 125 Å². The van der Waals surface area contributed by atoms with Gasteiger partial charge in [0, 0.05) is 124 Å². The van der Waals surface area contributed by atoms with Gasteiger partial charge in [0.15, 0.2) is 5.96 Å². The Morgan fingerprint density at radius 2 is 1.05 bits per heavy atom. The number of aliphatic imine (C=N–C) groups is 1. The van der Waals surface area contributed by atoms with Crippen molar-refractivity contribution in [3.05, 3.63) is 111 Å². The number of phenolic OH excluding ortho intramolecular Hbond substituents is 1. The number of guanidine groups is 1. The van der Waals surface area contributed by atoms with E-state index < -0.39 is 96.0 Å². The number of likely N-dealkylation sites (N-methyl/N-ethyl adjacent to an activating group) is 1. The number of hydrogen-bond acceptors (Lipinski definition) is 19. The highest BCUT2D eigenvalue weighted by atomic mass is 127. The number of amides is 10. The van der Waals surface area contributed by atoms with Crippen LogP contribution in [0.2, 0.25) is 0 Å². The molecule has 5 atom stereocenters. The Kier molecular flexibility index (Phi) is 39.4. The van der Waals surface area contributed by atoms with Crippen LogP contribution in [0, 0.1) is 10.5 Å². The fourth-order valence-corrected chi connectivity index (χ4v) is 13.5. The summed E-state index contributed by atoms with van der Waals surface area (Å²) in [5, 5.41) is 66.2. The topological polar surface area (TPSA) is 492 Å². The molecule has 2 aliphatic rings. The first-order valence-electron chi connectivity index (χ1n) is 38.0. The SMILES string of the molecule is Cc1ccc(CCCC(=O)NCCNC(=O)C(CCCCNC(=O)CCCCC(=O)NCCC[C@@H]2C(=O)N[C@@H](CCCN=C(N)N)C(=O)N[C@@H](Cc3ccc4ccccc4c3)C(=O)NCC(=O)N[C@H](Cc3ccc(O)c(I)c3)C(=O)N2C)NC(=O)CN2CCN(CC(=O)O)CCN(CC(=O)O)CCN(CC(=O)O)CC2)cc1. The fraction of sp³-hybridized carbons (Fsp3) is 0.532. The van der Waals surface area contributed by atoms with E-state index in [2.05, 4.69) is 52.8 Å². The lowest BCUT2D eigenvalue weighted by Crippen LogP contribution is -2.58. The quantitative estimate of drug-likeness (QED) is 0.0118. The maximum atomic E-state index is 14.8. The highest BCUT2D eigenvalue weighted by Crippen LogP contribution is 2.23. The number of halogens is 1. The van der Waals surface area contributed by atoms with E-state index in [1.54, 1.807) is 31.7 Å². The Morgan fingerprint density at radius 3 is 1.64 bits per heavy atom. The fourth-order valence-electron chi connectivity index (χ4n) is 12.9. The van der Waals surface area contributed by atoms with E-state index in [0.717, 1.165) is 21.9 Å². The van der Waals surface area contributed by atoms with Gasteiger partial charge in [-0.15, -0.1) is 0 Å². The molecule has 2 fully saturated rings. The molecule has 2 saturated heterocycles. The van der Waals surface area contributed by atoms with Crippen molar-refractivity contribution in [1.82, 2.24) is 72.4 Å². The zero-order valence-corrected chi connectivity index (χ0v) is 66.0. The van der Waals surface area contributed by atoms with Crippen molar-refractivity contribution >= 4 is 116 Å². The van der Waals surface area contributed by atoms with Gasteiger partial charge in [-0.1, -0.05) is 78.4 Å². The minimum absolute atomic E-state index is 0.00647. The molecule has 4 aromatic carbocycles. The highest BCUT2D eigenvalue weighted by molar-refractivity contribution is 14.1. The number of aryl methyl sites for hydroxylation is 2. The molecule has 35 heteroatoms. The summed E-state index contributed by atoms with van der Waals surface area (Å²) < 4.78 is 0.472. The molecule has 6 rings (SSSR count). The van der Waals surface area contributed by atoms with Crippen LogP contribution in [0.4, 0.5) is 0 Å². The van der Waals surface area contributed by atoms with Crippen molar-refractivity contribution in [2.45, 2.75) is 140 Å². The lowest BCUT2D eigenvalue weighted by molar-refractivity contribution is -0.142. The number of nitrogens with zero attached hydrogens (tertiary/aromatic N) is 6. The van der Waals surface area contributed by atoms with Crippen molar-refractivity contribution in [3.8, 4) is 5.75 Å². The summed E-state index contributed by atoms with van der Waals surface area (Å²) in [6.07, 6.45) is 3.47. The van der Waals surface area contributed by atoms with E-state index in [-0.39, 0.29) is 205 Å². The summed E-state index contributed by atoms with van der Waals surface area (Å²) in [6, 6.07) is 19.7. The summed E-state index contributed by atoms with van der Waals surface area (Å²) in [5.41, 5.74) is 14.7. The van der Waals surface area contributed by atoms with Gasteiger partial charge in [0.05, 0.1) is 36.3 Å². The van der Waals surface area contributed by atoms with Gasteiger partial charge < -0.3 is 84.6 Å². The number of fused-ring (bicyclic) bond motifs is 1. The molecule has 0 spiro atoms. The molecule has 0 bridgehead atoms. The van der Waals surface area contributed by atoms with E-state index in [0.29, 0.717) is 53.2 Å². The molecule has 0 aromatic heterocycles. The number of phenols is 1. The molecule has 0 radical (unpaired) electrons. The van der Waals surface area contributed by atoms with Crippen LogP contribution >= 0.6 is 22.6 Å². The number of benzene rings is 4. The molecule has 0 aliphatic carbocycles. The van der Waals surface area contributed by atoms with Crippen molar-refractivity contribution in [3.63, 3.8) is 0 Å². The van der Waals surface area contributed by atoms with Gasteiger partial charge in [-0.2, -0.15) is 0 Å². The van der Waals surface area contributed by atoms with Crippen LogP contribution in [-0.2, 0) is 81.6 Å². The standard InChI is InChI=1S/C77H110IN17O17/c1-51-21-23-52(24-22-51)12-9-20-66(99)83-32-33-84-72(108)58(87-68(101)47-92-34-36-93(48-69(102)103)38-40-95(50-71(106)107)41-39-94(37-35-92)49-70(104)105)15-7-8-29-81-64(97)18-5-6-19-65(98)82-30-11-17-62-75(111)89-59(16-10-31-85-77(79)80)74(110)90-60(44-53-25-27-55-13-3-4-14-56(55)42-53)73(109)86-46-67(100)88-61(76(112)91(62)2)45-54-26-28-63(96)57(78)43-54/h3-4,13-14,21-28,42-43,58-62,96H,5-12,15-20,29-41,44-50H2,1-2H3,(H,81,97)(H,82,98)(H,83,99)(H,84,108)(H,86,109)(H,87,101)(H,88,100)(H,89,111)(H,90,110)(H,102,103)(H,104,105)(H,106,107)(H4,79,80,85)/t58?,59-,60-,61+,62+/m0/s1. The maximum absolute atomic E-state index is 14.8. The van der Waals surface area contributed by atoms with Crippen molar-refractivity contribution in [2.24, 2.45) is 16.5 Å². The van der Waals surface area contributed by atoms with Crippen LogP contribution in [-0.4, -0.2) is 283 Å². The van der Waals surface area contributed by atoms with Crippen LogP contribution in [0.15, 0.2) is 89.9 Å². The molecule has 2 heterocycles. The lowest BCUT2D eigenvalue weighted by atomic mass is 10.00. The maximum Gasteiger partial charge on any atom is 0.317 e. The molecule has 34 nitrogen and oxygen atoms in total. The van der Waals surface area contributed by atoms with Gasteiger partial charge in [0.2, 0.25) is 59.1 Å². The number of unbranched alkanes of at least 4 members (excludes halogenated alkanes) is 2. The lowest BCUT2D eigenvalue weighted by Gasteiger charge is -2.33. The van der Waals surface area contributed by atoms with E-state index in [4.69, 9.17) is 11.5 Å². The number of aliphatic carboxylic acids is 3. The normalized spacial score (nSPS) is 18.0. The second-order valence-electron chi connectivity index (χ2n) is 28.2. The molecule has 612 valence electrons. The molecule has 0 saturated carbocycles. The van der Waals surface area contributed by atoms with Gasteiger partial charge >= 0.3 is 17.9 Å². The van der Waals surface area contributed by atoms with Gasteiger partial charge in [-0.25, -0.2) is 0 Å². The number of carbonyl (C=O) groups is 13. The molecule has 17 N–H and O–H groups in total. The summed E-state index contributed by atoms with van der Waals surface area (Å²) in [6.45, 7) is 2.01. The Bertz CT molecular complexity index is 3840. The van der Waals surface area contributed by atoms with E-state index in [1.165, 1.54) is 18.0 Å². The average molecular weight is 1670 g/mol. The average Bonchev–Trinajstić information content (AvgIpc) is 1.67. The van der Waals surface area contributed by atoms with E-state index in [1.807, 2.05) is 96.2 Å². The summed E-state index contributed by atoms with van der Waals surface area (Å²) in [7, 11) is 1.39. The third kappa shape index (κ3) is 34.7. The third-order valence-corrected chi connectivity index (χ3v) is 20.0. The monoisotopic (exact) mass is 1670 g/mol. The third-order valence-electron chi connectivity index (χ3n) is 19.1. The number of nitrogens with two attached hydrogens (primary N) is 2. The zero-order valence-electron chi connectivity index (χ0n) is 63.8. The van der Waals surface area contributed by atoms with Gasteiger partial charge in [-0.05, 0) is 140 Å². The summed E-state index contributed by atoms with van der Waals surface area (Å²) in [4.78, 5) is 186. The molecule has 2 aliphatic heterocycles. The first kappa shape index (κ1) is 90.8. The van der Waals surface area contributed by atoms with E-state index in [9.17, 15) is 82.8 Å². The summed E-state index contributed by atoms with van der Waals surface area (Å²) in [5.74, 6) is -9.04. The van der Waals surface area contributed by atoms with Gasteiger partial charge in [0.1, 0.15) is 36.0 Å². The van der Waals surface area contributed by atoms with Gasteiger partial charge in [-0.3, -0.25) is 86.9 Å². The number of carbonyl (C=O) groups excluding carboxylic acids is 10. The van der Waals surface area contributed by atoms with Crippen LogP contribution < -0.4 is 59.3 Å². The number of carboxylic acid groups (broad SMARTS) is 3. The Balaban J connectivity index is 1.04. The molecule has 1 unspecified atom stereocenters. The molecular weight excluding hydrogens is 1560 g/mol. The van der Waals surface area contributed by atoms with Crippen molar-refractivity contribution < 1.29 is 82.8 Å². The Labute approximate surface area is 665 Å². The highest BCUT2D eigenvalue weighted by Gasteiger charge is 2.36. The Hall–Kier alpha value is -10.1. The smallest absolute Gasteiger partial charge is 0.317 e. The Morgan fingerprint density at radius 1 is 0.536 bits per heavy atom. The minimum Gasteiger partial charge on any atom is -0.507 e. The van der Waals surface area contributed by atoms with Crippen LogP contribution in [0.25, 0.3) is 10.8 Å². The number of aromatic hydroxyl groups is 1. The summed E-state index contributed by atoms with van der Waals surface area (Å²) >= 11 is 1.93. The van der Waals surface area contributed by atoms with Crippen LogP contribution in [0.1, 0.15) is 106 Å². The second kappa shape index (κ2) is 48.6. The minimum atomic E-state index is -1.30. The van der Waals surface area contributed by atoms with Crippen LogP contribution in [0.5, 0.6) is 5.75 Å². The molecule has 4 aromatic rings. The van der Waals surface area contributed by atoms with E-state index >= 15 is 0 Å². The first-order chi connectivity index (χ1) is 53.6. The number of carboxylic acids is 3. The second-order valence-corrected chi connectivity index (χ2v) is 29.3. The number of nitrogens with one attached hydrogen (secondary N) is 9. The van der Waals surface area contributed by atoms with Gasteiger partial charge in [0.25, 0.3) is 0 Å². The molecule has 112 heavy (non-hydrogen) atoms. The molecular formula is C77H110IN17O17. The predicted molar refractivity (Wildman–Crippen MR) is 426 cm³/mol. The zero-order chi connectivity index (χ0) is 81.5. The first-order valence-corrected chi connectivity index (χ1v) is 39.1. The van der Waals surface area contributed by atoms with Crippen molar-refractivity contribution in [1.29, 1.82) is 0 Å². The number of rotatable bonds is 39. The van der Waals surface area contributed by atoms with Crippen LogP contribution in [0.3, 0.4) is 0 Å². The molecule has 10 amide bonds. The largest absolute Gasteiger partial charge is 0.507 e. The predicted octanol–water partition coefficient (Wildman–Crippen LogP) is -0.333. The number of hydrogen-bond donors (Lipinski definition) is 15.